The quantitative estimate of drug-likeness (QED) is 0.283. The molecule has 0 bridgehead atoms. The lowest BCUT2D eigenvalue weighted by Gasteiger charge is -1.97. The molecule has 0 saturated carbocycles. The van der Waals surface area contributed by atoms with E-state index in [0.29, 0.717) is 0 Å². The zero-order valence-electron chi connectivity index (χ0n) is 8.76. The predicted octanol–water partition coefficient (Wildman–Crippen LogP) is -0.957. The van der Waals surface area contributed by atoms with Crippen molar-refractivity contribution in [3.63, 3.8) is 0 Å². The summed E-state index contributed by atoms with van der Waals surface area (Å²) < 4.78 is 10.1. The Morgan fingerprint density at radius 2 is 2.50 bits per heavy atom. The predicted molar refractivity (Wildman–Crippen MR) is 47.3 cm³/mol. The van der Waals surface area contributed by atoms with Crippen LogP contribution in [0.1, 0.15) is 12.6 Å². The molecule has 1 heterocycles. The van der Waals surface area contributed by atoms with Crippen molar-refractivity contribution in [1.29, 1.82) is 5.26 Å². The molecule has 0 fully saturated rings. The molecule has 7 heteroatoms. The van der Waals surface area contributed by atoms with Crippen LogP contribution in [-0.2, 0) is 16.6 Å². The van der Waals surface area contributed by atoms with E-state index < -0.39 is 11.9 Å². The number of hydrogen-bond acceptors (Lipinski definition) is 6. The molecule has 1 rings (SSSR count). The van der Waals surface area contributed by atoms with Crippen LogP contribution in [0.5, 0.6) is 5.95 Å². The van der Waals surface area contributed by atoms with Crippen LogP contribution in [0.25, 0.3) is 6.08 Å². The van der Waals surface area contributed by atoms with Crippen molar-refractivity contribution in [3.8, 4) is 12.0 Å². The molecule has 16 heavy (non-hydrogen) atoms. The van der Waals surface area contributed by atoms with Crippen LogP contribution in [0.3, 0.4) is 0 Å². The van der Waals surface area contributed by atoms with Gasteiger partial charge >= 0.3 is 5.97 Å². The van der Waals surface area contributed by atoms with Gasteiger partial charge in [-0.2, -0.15) is 5.26 Å². The highest BCUT2D eigenvalue weighted by Crippen LogP contribution is 2.11. The van der Waals surface area contributed by atoms with Gasteiger partial charge in [0, 0.05) is 6.08 Å². The minimum Gasteiger partial charge on any atom is -0.539 e. The number of aryl methyl sites for hydroxylation is 1. The van der Waals surface area contributed by atoms with Crippen LogP contribution in [0, 0.1) is 11.3 Å². The van der Waals surface area contributed by atoms with Crippen molar-refractivity contribution in [1.82, 2.24) is 5.27 Å². The van der Waals surface area contributed by atoms with Crippen LogP contribution >= 0.6 is 0 Å². The maximum atomic E-state index is 11.2. The van der Waals surface area contributed by atoms with Crippen molar-refractivity contribution in [2.45, 2.75) is 6.92 Å². The van der Waals surface area contributed by atoms with E-state index in [-0.39, 0.29) is 17.9 Å². The maximum Gasteiger partial charge on any atom is 0.349 e. The van der Waals surface area contributed by atoms with Crippen molar-refractivity contribution < 1.29 is 23.8 Å². The molecule has 0 unspecified atom stereocenters. The number of aromatic nitrogens is 2. The Morgan fingerprint density at radius 1 is 1.81 bits per heavy atom. The molecular weight excluding hydrogens is 214 g/mol. The minimum atomic E-state index is -0.786. The van der Waals surface area contributed by atoms with Gasteiger partial charge in [-0.15, -0.1) is 0 Å². The van der Waals surface area contributed by atoms with Gasteiger partial charge in [-0.25, -0.2) is 4.79 Å². The summed E-state index contributed by atoms with van der Waals surface area (Å²) in [5.41, 5.74) is -0.276. The molecule has 0 amide bonds. The number of hydrogen-bond donors (Lipinski definition) is 0. The molecule has 0 aliphatic carbocycles. The van der Waals surface area contributed by atoms with Crippen molar-refractivity contribution >= 4 is 12.0 Å². The minimum absolute atomic E-state index is 0.00426. The lowest BCUT2D eigenvalue weighted by Crippen LogP contribution is -2.33. The summed E-state index contributed by atoms with van der Waals surface area (Å²) >= 11 is 0. The molecule has 84 valence electrons. The number of esters is 1. The van der Waals surface area contributed by atoms with Gasteiger partial charge in [-0.3, -0.25) is 0 Å². The Balaban J connectivity index is 3.07. The summed E-state index contributed by atoms with van der Waals surface area (Å²) in [6.45, 7) is 1.77. The third-order valence-corrected chi connectivity index (χ3v) is 1.70. The summed E-state index contributed by atoms with van der Waals surface area (Å²) in [4.78, 5) is 11.2. The Bertz CT molecular complexity index is 450. The molecule has 0 spiro atoms. The van der Waals surface area contributed by atoms with E-state index >= 15 is 0 Å². The molecule has 7 nitrogen and oxygen atoms in total. The molecule has 0 aliphatic heterocycles. The van der Waals surface area contributed by atoms with E-state index in [0.717, 1.165) is 10.8 Å². The average molecular weight is 223 g/mol. The number of rotatable bonds is 3. The smallest absolute Gasteiger partial charge is 0.349 e. The Labute approximate surface area is 91.1 Å². The van der Waals surface area contributed by atoms with Crippen LogP contribution < -0.4 is 9.79 Å². The topological polar surface area (TPSA) is 103 Å². The van der Waals surface area contributed by atoms with Crippen LogP contribution in [0.4, 0.5) is 0 Å². The number of ether oxygens (including phenoxy) is 1. The van der Waals surface area contributed by atoms with Gasteiger partial charge in [0.25, 0.3) is 5.69 Å². The highest BCUT2D eigenvalue weighted by atomic mass is 16.6. The Morgan fingerprint density at radius 3 is 2.94 bits per heavy atom. The lowest BCUT2D eigenvalue weighted by molar-refractivity contribution is -0.741. The summed E-state index contributed by atoms with van der Waals surface area (Å²) in [5, 5.41) is 23.2. The molecule has 0 N–H and O–H groups in total. The van der Waals surface area contributed by atoms with E-state index in [9.17, 15) is 9.90 Å². The van der Waals surface area contributed by atoms with Crippen molar-refractivity contribution in [2.75, 3.05) is 6.61 Å². The fourth-order valence-corrected chi connectivity index (χ4v) is 0.956. The van der Waals surface area contributed by atoms with Gasteiger partial charge in [-0.05, 0) is 6.92 Å². The van der Waals surface area contributed by atoms with E-state index in [2.05, 4.69) is 14.5 Å². The summed E-state index contributed by atoms with van der Waals surface area (Å²) in [6.07, 6.45) is 1.08. The second-order valence-corrected chi connectivity index (χ2v) is 2.76. The third-order valence-electron chi connectivity index (χ3n) is 1.70. The van der Waals surface area contributed by atoms with Gasteiger partial charge in [-0.1, -0.05) is 4.68 Å². The first-order valence-electron chi connectivity index (χ1n) is 4.42. The monoisotopic (exact) mass is 223 g/mol. The summed E-state index contributed by atoms with van der Waals surface area (Å²) in [7, 11) is 1.46. The number of nitriles is 1. The number of nitrogens with zero attached hydrogens (tertiary/aromatic N) is 3. The van der Waals surface area contributed by atoms with Crippen LogP contribution in [0.15, 0.2) is 10.1 Å². The molecule has 0 atom stereocenters. The maximum absolute atomic E-state index is 11.2. The largest absolute Gasteiger partial charge is 0.539 e. The number of carbonyl (C=O) groups is 1. The van der Waals surface area contributed by atoms with E-state index in [1.165, 1.54) is 7.05 Å². The Kier molecular flexibility index (Phi) is 3.61. The van der Waals surface area contributed by atoms with Gasteiger partial charge in [0.1, 0.15) is 11.6 Å². The Hall–Kier alpha value is -2.36. The second kappa shape index (κ2) is 4.93. The van der Waals surface area contributed by atoms with Gasteiger partial charge in [0.05, 0.1) is 11.9 Å². The standard InChI is InChI=1S/C9H9N3O4/c1-3-15-8(13)6(5-10)4-7-9(14)16-11-12(7)2/h4H,3H2,1-2H3. The fourth-order valence-electron chi connectivity index (χ4n) is 0.956. The van der Waals surface area contributed by atoms with E-state index in [4.69, 9.17) is 5.26 Å². The highest BCUT2D eigenvalue weighted by Gasteiger charge is 2.16. The lowest BCUT2D eigenvalue weighted by atomic mass is 10.2. The van der Waals surface area contributed by atoms with Crippen molar-refractivity contribution in [2.24, 2.45) is 7.05 Å². The molecule has 0 saturated heterocycles. The van der Waals surface area contributed by atoms with Gasteiger partial charge < -0.3 is 14.4 Å². The summed E-state index contributed by atoms with van der Waals surface area (Å²) in [6, 6.07) is 1.64. The molecule has 1 aromatic heterocycles. The zero-order chi connectivity index (χ0) is 12.1. The zero-order valence-corrected chi connectivity index (χ0v) is 8.76. The first-order valence-corrected chi connectivity index (χ1v) is 4.42. The second-order valence-electron chi connectivity index (χ2n) is 2.76. The molecule has 0 radical (unpaired) electrons. The average Bonchev–Trinajstić information content (AvgIpc) is 2.56. The highest BCUT2D eigenvalue weighted by molar-refractivity contribution is 5.97. The third kappa shape index (κ3) is 2.36. The van der Waals surface area contributed by atoms with Gasteiger partial charge in [0.15, 0.2) is 13.0 Å². The first-order chi connectivity index (χ1) is 7.60. The summed E-state index contributed by atoms with van der Waals surface area (Å²) in [5.74, 6) is -1.51. The SMILES string of the molecule is CCOC(=O)/C(C#N)=C/c1c([O-])on[n+]1C. The van der Waals surface area contributed by atoms with E-state index in [1.807, 2.05) is 0 Å². The van der Waals surface area contributed by atoms with Gasteiger partial charge in [0.2, 0.25) is 0 Å². The molecular formula is C9H9N3O4. The first kappa shape index (κ1) is 11.7. The molecule has 1 aromatic rings. The van der Waals surface area contributed by atoms with Crippen LogP contribution in [-0.4, -0.2) is 17.8 Å². The van der Waals surface area contributed by atoms with Crippen molar-refractivity contribution in [3.05, 3.63) is 11.3 Å². The van der Waals surface area contributed by atoms with E-state index in [1.54, 1.807) is 13.0 Å². The molecule has 0 aliphatic rings. The normalized spacial score (nSPS) is 10.9. The molecule has 0 aromatic carbocycles. The number of carbonyl (C=O) groups excluding carboxylic acids is 1. The van der Waals surface area contributed by atoms with Crippen LogP contribution in [0.2, 0.25) is 0 Å². The fraction of sp³-hybridized carbons (Fsp3) is 0.333.